The van der Waals surface area contributed by atoms with Crippen LogP contribution in [0.1, 0.15) is 6.92 Å². The van der Waals surface area contributed by atoms with E-state index in [2.05, 4.69) is 20.5 Å². The molecule has 4 aromatic rings. The van der Waals surface area contributed by atoms with E-state index in [0.717, 1.165) is 16.8 Å². The summed E-state index contributed by atoms with van der Waals surface area (Å²) in [4.78, 5) is 17.0. The largest absolute Gasteiger partial charge is 0.493 e. The van der Waals surface area contributed by atoms with Crippen molar-refractivity contribution in [2.24, 2.45) is 0 Å². The number of benzene rings is 2. The van der Waals surface area contributed by atoms with Gasteiger partial charge >= 0.3 is 0 Å². The van der Waals surface area contributed by atoms with Crippen LogP contribution in [0.2, 0.25) is 5.02 Å². The van der Waals surface area contributed by atoms with Crippen LogP contribution in [0, 0.1) is 0 Å². The fraction of sp³-hybridized carbons (Fsp3) is 0.217. The molecule has 1 amide bonds. The maximum atomic E-state index is 12.5. The van der Waals surface area contributed by atoms with Gasteiger partial charge in [0.2, 0.25) is 5.91 Å². The fourth-order valence-electron chi connectivity index (χ4n) is 3.24. The van der Waals surface area contributed by atoms with E-state index in [1.807, 2.05) is 59.3 Å². The van der Waals surface area contributed by atoms with Crippen molar-refractivity contribution in [2.45, 2.75) is 18.6 Å². The number of hydrogen-bond donors (Lipinski definition) is 1. The highest BCUT2D eigenvalue weighted by atomic mass is 35.5. The monoisotopic (exact) mass is 515 g/mol. The molecule has 0 saturated heterocycles. The quantitative estimate of drug-likeness (QED) is 0.295. The molecule has 8 nitrogen and oxygen atoms in total. The number of thiazole rings is 1. The van der Waals surface area contributed by atoms with E-state index in [4.69, 9.17) is 21.1 Å². The summed E-state index contributed by atoms with van der Waals surface area (Å²) < 4.78 is 12.7. The molecule has 0 unspecified atom stereocenters. The molecule has 4 rings (SSSR count). The Kier molecular flexibility index (Phi) is 7.71. The summed E-state index contributed by atoms with van der Waals surface area (Å²) in [5, 5.41) is 15.2. The summed E-state index contributed by atoms with van der Waals surface area (Å²) >= 11 is 8.64. The van der Waals surface area contributed by atoms with Crippen LogP contribution in [0.3, 0.4) is 0 Å². The SMILES string of the molecule is CCn1c(SCC(=O)Nc2nc(-c3ccc(Cl)cc3)cs2)nnc1-c1ccc(OC)c(OC)c1. The van der Waals surface area contributed by atoms with E-state index < -0.39 is 0 Å². The predicted molar refractivity (Wildman–Crippen MR) is 136 cm³/mol. The smallest absolute Gasteiger partial charge is 0.236 e. The first-order valence-corrected chi connectivity index (χ1v) is 12.6. The maximum Gasteiger partial charge on any atom is 0.236 e. The van der Waals surface area contributed by atoms with E-state index in [9.17, 15) is 4.79 Å². The van der Waals surface area contributed by atoms with E-state index in [1.54, 1.807) is 14.2 Å². The van der Waals surface area contributed by atoms with Crippen molar-refractivity contribution < 1.29 is 14.3 Å². The molecule has 0 fully saturated rings. The molecule has 0 radical (unpaired) electrons. The van der Waals surface area contributed by atoms with Crippen LogP contribution in [0.4, 0.5) is 5.13 Å². The minimum Gasteiger partial charge on any atom is -0.493 e. The number of thioether (sulfide) groups is 1. The lowest BCUT2D eigenvalue weighted by atomic mass is 10.2. The first-order chi connectivity index (χ1) is 16.5. The normalized spacial score (nSPS) is 10.8. The Morgan fingerprint density at radius 1 is 1.09 bits per heavy atom. The van der Waals surface area contributed by atoms with Gasteiger partial charge in [0.1, 0.15) is 0 Å². The zero-order valence-corrected chi connectivity index (χ0v) is 21.1. The molecule has 34 heavy (non-hydrogen) atoms. The number of anilines is 1. The third kappa shape index (κ3) is 5.35. The highest BCUT2D eigenvalue weighted by molar-refractivity contribution is 7.99. The molecule has 2 heterocycles. The van der Waals surface area contributed by atoms with Crippen LogP contribution in [-0.4, -0.2) is 45.6 Å². The molecule has 2 aromatic carbocycles. The summed E-state index contributed by atoms with van der Waals surface area (Å²) in [5.41, 5.74) is 2.57. The van der Waals surface area contributed by atoms with E-state index in [-0.39, 0.29) is 11.7 Å². The number of halogens is 1. The summed E-state index contributed by atoms with van der Waals surface area (Å²) in [7, 11) is 3.18. The van der Waals surface area contributed by atoms with Crippen LogP contribution in [0.5, 0.6) is 11.5 Å². The van der Waals surface area contributed by atoms with Crippen LogP contribution in [-0.2, 0) is 11.3 Å². The molecule has 0 atom stereocenters. The first kappa shape index (κ1) is 24.1. The number of nitrogens with zero attached hydrogens (tertiary/aromatic N) is 4. The average Bonchev–Trinajstić information content (AvgIpc) is 3.49. The lowest BCUT2D eigenvalue weighted by Gasteiger charge is -2.10. The molecule has 0 aliphatic carbocycles. The second kappa shape index (κ2) is 10.9. The van der Waals surface area contributed by atoms with Crippen molar-refractivity contribution in [2.75, 3.05) is 25.3 Å². The number of nitrogens with one attached hydrogen (secondary N) is 1. The van der Waals surface area contributed by atoms with Gasteiger partial charge in [0.05, 0.1) is 25.7 Å². The van der Waals surface area contributed by atoms with Gasteiger partial charge in [-0.25, -0.2) is 4.98 Å². The van der Waals surface area contributed by atoms with Crippen molar-refractivity contribution in [1.29, 1.82) is 0 Å². The zero-order valence-electron chi connectivity index (χ0n) is 18.7. The molecule has 0 bridgehead atoms. The van der Waals surface area contributed by atoms with Gasteiger partial charge in [-0.05, 0) is 37.3 Å². The number of carbonyl (C=O) groups excluding carboxylic acids is 1. The second-order valence-corrected chi connectivity index (χ2v) is 9.24. The van der Waals surface area contributed by atoms with Gasteiger partial charge in [-0.15, -0.1) is 21.5 Å². The first-order valence-electron chi connectivity index (χ1n) is 10.3. The molecular formula is C23H22ClN5O3S2. The van der Waals surface area contributed by atoms with Gasteiger partial charge in [0.15, 0.2) is 27.6 Å². The zero-order chi connectivity index (χ0) is 24.1. The van der Waals surface area contributed by atoms with Crippen LogP contribution >= 0.6 is 34.7 Å². The Morgan fingerprint density at radius 2 is 1.82 bits per heavy atom. The minimum atomic E-state index is -0.166. The van der Waals surface area contributed by atoms with Crippen molar-refractivity contribution in [3.63, 3.8) is 0 Å². The number of ether oxygens (including phenoxy) is 2. The lowest BCUT2D eigenvalue weighted by molar-refractivity contribution is -0.113. The Labute approximate surface area is 210 Å². The van der Waals surface area contributed by atoms with Gasteiger partial charge in [0.25, 0.3) is 0 Å². The topological polar surface area (TPSA) is 91.2 Å². The summed E-state index contributed by atoms with van der Waals surface area (Å²) in [6, 6.07) is 13.0. The number of rotatable bonds is 9. The lowest BCUT2D eigenvalue weighted by Crippen LogP contribution is -2.14. The highest BCUT2D eigenvalue weighted by Crippen LogP contribution is 2.33. The number of hydrogen-bond acceptors (Lipinski definition) is 8. The predicted octanol–water partition coefficient (Wildman–Crippen LogP) is 5.49. The Bertz CT molecular complexity index is 1290. The van der Waals surface area contributed by atoms with Gasteiger partial charge in [0, 0.05) is 28.1 Å². The minimum absolute atomic E-state index is 0.166. The summed E-state index contributed by atoms with van der Waals surface area (Å²) in [6.07, 6.45) is 0. The van der Waals surface area contributed by atoms with Gasteiger partial charge < -0.3 is 19.4 Å². The number of methoxy groups -OCH3 is 2. The van der Waals surface area contributed by atoms with Gasteiger partial charge in [-0.2, -0.15) is 0 Å². The summed E-state index contributed by atoms with van der Waals surface area (Å²) in [6.45, 7) is 2.66. The maximum absolute atomic E-state index is 12.5. The third-order valence-corrected chi connectivity index (χ3v) is 6.87. The van der Waals surface area contributed by atoms with Crippen molar-refractivity contribution in [3.8, 4) is 34.1 Å². The summed E-state index contributed by atoms with van der Waals surface area (Å²) in [5.74, 6) is 1.96. The molecule has 0 saturated carbocycles. The Balaban J connectivity index is 1.42. The number of carbonyl (C=O) groups is 1. The molecule has 1 N–H and O–H groups in total. The standard InChI is InChI=1S/C23H22ClN5O3S2/c1-4-29-21(15-7-10-18(31-2)19(11-15)32-3)27-28-23(29)34-13-20(30)26-22-25-17(12-33-22)14-5-8-16(24)9-6-14/h5-12H,4,13H2,1-3H3,(H,25,26,30). The molecule has 0 aliphatic rings. The highest BCUT2D eigenvalue weighted by Gasteiger charge is 2.17. The average molecular weight is 516 g/mol. The molecule has 176 valence electrons. The molecule has 2 aromatic heterocycles. The second-order valence-electron chi connectivity index (χ2n) is 7.00. The van der Waals surface area contributed by atoms with E-state index in [0.29, 0.717) is 39.2 Å². The molecule has 11 heteroatoms. The molecule has 0 aliphatic heterocycles. The van der Waals surface area contributed by atoms with E-state index in [1.165, 1.54) is 23.1 Å². The van der Waals surface area contributed by atoms with Crippen LogP contribution in [0.15, 0.2) is 53.0 Å². The van der Waals surface area contributed by atoms with Crippen LogP contribution < -0.4 is 14.8 Å². The number of amides is 1. The van der Waals surface area contributed by atoms with Crippen molar-refractivity contribution >= 4 is 45.7 Å². The van der Waals surface area contributed by atoms with Crippen LogP contribution in [0.25, 0.3) is 22.6 Å². The Hall–Kier alpha value is -3.08. The van der Waals surface area contributed by atoms with Crippen molar-refractivity contribution in [3.05, 3.63) is 52.9 Å². The van der Waals surface area contributed by atoms with Gasteiger partial charge in [-0.1, -0.05) is 35.5 Å². The third-order valence-electron chi connectivity index (χ3n) is 4.90. The number of aromatic nitrogens is 4. The van der Waals surface area contributed by atoms with Crippen molar-refractivity contribution in [1.82, 2.24) is 19.7 Å². The van der Waals surface area contributed by atoms with E-state index >= 15 is 0 Å². The molecule has 0 spiro atoms. The fourth-order valence-corrected chi connectivity index (χ4v) is 4.90. The van der Waals surface area contributed by atoms with Gasteiger partial charge in [-0.3, -0.25) is 4.79 Å². The molecular weight excluding hydrogens is 494 g/mol. The Morgan fingerprint density at radius 3 is 2.53 bits per heavy atom.